The van der Waals surface area contributed by atoms with E-state index in [1.54, 1.807) is 0 Å². The zero-order valence-corrected chi connectivity index (χ0v) is 8.85. The Labute approximate surface area is 76.5 Å². The van der Waals surface area contributed by atoms with Gasteiger partial charge >= 0.3 is 0 Å². The van der Waals surface area contributed by atoms with E-state index < -0.39 is 0 Å². The molecule has 70 valence electrons. The Morgan fingerprint density at radius 3 is 2.33 bits per heavy atom. The monoisotopic (exact) mass is 167 g/mol. The summed E-state index contributed by atoms with van der Waals surface area (Å²) in [5, 5.41) is 0. The fourth-order valence-corrected chi connectivity index (χ4v) is 2.06. The van der Waals surface area contributed by atoms with E-state index in [4.69, 9.17) is 0 Å². The molecule has 1 fully saturated rings. The highest BCUT2D eigenvalue weighted by Crippen LogP contribution is 2.43. The molecule has 1 heterocycles. The van der Waals surface area contributed by atoms with E-state index in [1.165, 1.54) is 19.4 Å². The largest absolute Gasteiger partial charge is 0.300 e. The van der Waals surface area contributed by atoms with Crippen LogP contribution in [0.3, 0.4) is 0 Å². The SMILES string of the molecule is C=CC1(C)CCCN(C)C1(C)C. The molecule has 1 unspecified atom stereocenters. The van der Waals surface area contributed by atoms with Gasteiger partial charge in [0.1, 0.15) is 0 Å². The maximum absolute atomic E-state index is 3.96. The van der Waals surface area contributed by atoms with Crippen LogP contribution in [-0.2, 0) is 0 Å². The summed E-state index contributed by atoms with van der Waals surface area (Å²) in [6, 6.07) is 0. The number of likely N-dealkylation sites (tertiary alicyclic amines) is 1. The highest BCUT2D eigenvalue weighted by atomic mass is 15.2. The Morgan fingerprint density at radius 2 is 1.92 bits per heavy atom. The van der Waals surface area contributed by atoms with Crippen molar-refractivity contribution in [2.45, 2.75) is 39.2 Å². The Bertz CT molecular complexity index is 183. The summed E-state index contributed by atoms with van der Waals surface area (Å²) in [4.78, 5) is 2.44. The Balaban J connectivity index is 2.93. The van der Waals surface area contributed by atoms with Gasteiger partial charge in [-0.05, 0) is 40.3 Å². The fourth-order valence-electron chi connectivity index (χ4n) is 2.06. The lowest BCUT2D eigenvalue weighted by atomic mass is 9.67. The molecule has 12 heavy (non-hydrogen) atoms. The summed E-state index contributed by atoms with van der Waals surface area (Å²) in [5.41, 5.74) is 0.535. The molecule has 1 aliphatic heterocycles. The molecule has 0 aromatic rings. The van der Waals surface area contributed by atoms with Crippen LogP contribution in [0.1, 0.15) is 33.6 Å². The Hall–Kier alpha value is -0.300. The van der Waals surface area contributed by atoms with Crippen molar-refractivity contribution < 1.29 is 0 Å². The van der Waals surface area contributed by atoms with Gasteiger partial charge in [-0.15, -0.1) is 6.58 Å². The van der Waals surface area contributed by atoms with Crippen LogP contribution in [0.4, 0.5) is 0 Å². The number of nitrogens with zero attached hydrogens (tertiary/aromatic N) is 1. The second-order valence-corrected chi connectivity index (χ2v) is 4.71. The zero-order chi connectivity index (χ0) is 9.41. The molecule has 0 saturated carbocycles. The van der Waals surface area contributed by atoms with Crippen LogP contribution >= 0.6 is 0 Å². The van der Waals surface area contributed by atoms with Gasteiger partial charge in [-0.3, -0.25) is 0 Å². The third-order valence-electron chi connectivity index (χ3n) is 3.99. The lowest BCUT2D eigenvalue weighted by Gasteiger charge is -2.52. The highest BCUT2D eigenvalue weighted by molar-refractivity contribution is 5.08. The van der Waals surface area contributed by atoms with Crippen LogP contribution < -0.4 is 0 Å². The molecule has 0 aromatic carbocycles. The van der Waals surface area contributed by atoms with Gasteiger partial charge in [0.25, 0.3) is 0 Å². The zero-order valence-electron chi connectivity index (χ0n) is 8.85. The van der Waals surface area contributed by atoms with Crippen LogP contribution in [0.25, 0.3) is 0 Å². The average molecular weight is 167 g/mol. The molecule has 1 atom stereocenters. The predicted molar refractivity (Wildman–Crippen MR) is 54.2 cm³/mol. The molecule has 1 heteroatoms. The first-order chi connectivity index (χ1) is 5.44. The lowest BCUT2D eigenvalue weighted by molar-refractivity contribution is 0.00735. The topological polar surface area (TPSA) is 3.24 Å². The number of rotatable bonds is 1. The van der Waals surface area contributed by atoms with Gasteiger partial charge < -0.3 is 4.90 Å². The van der Waals surface area contributed by atoms with Crippen molar-refractivity contribution >= 4 is 0 Å². The van der Waals surface area contributed by atoms with Gasteiger partial charge in [0.15, 0.2) is 0 Å². The molecule has 1 rings (SSSR count). The third kappa shape index (κ3) is 1.20. The van der Waals surface area contributed by atoms with E-state index in [2.05, 4.69) is 45.4 Å². The van der Waals surface area contributed by atoms with Gasteiger partial charge in [-0.2, -0.15) is 0 Å². The van der Waals surface area contributed by atoms with Crippen LogP contribution in [0.15, 0.2) is 12.7 Å². The summed E-state index contributed by atoms with van der Waals surface area (Å²) in [6.07, 6.45) is 4.69. The summed E-state index contributed by atoms with van der Waals surface area (Å²) in [5.74, 6) is 0. The molecular formula is C11H21N. The van der Waals surface area contributed by atoms with Crippen molar-refractivity contribution in [1.82, 2.24) is 4.90 Å². The molecule has 0 aromatic heterocycles. The van der Waals surface area contributed by atoms with Gasteiger partial charge in [0.2, 0.25) is 0 Å². The molecule has 0 N–H and O–H groups in total. The summed E-state index contributed by atoms with van der Waals surface area (Å²) in [6.45, 7) is 12.1. The standard InChI is InChI=1S/C11H21N/c1-6-11(4)8-7-9-12(5)10(11,2)3/h6H,1,7-9H2,2-5H3. The molecule has 0 aliphatic carbocycles. The molecule has 1 nitrogen and oxygen atoms in total. The molecule has 0 radical (unpaired) electrons. The third-order valence-corrected chi connectivity index (χ3v) is 3.99. The number of hydrogen-bond acceptors (Lipinski definition) is 1. The minimum Gasteiger partial charge on any atom is -0.300 e. The van der Waals surface area contributed by atoms with E-state index in [-0.39, 0.29) is 11.0 Å². The second kappa shape index (κ2) is 2.88. The van der Waals surface area contributed by atoms with Crippen LogP contribution in [0.5, 0.6) is 0 Å². The van der Waals surface area contributed by atoms with E-state index in [9.17, 15) is 0 Å². The number of piperidine rings is 1. The van der Waals surface area contributed by atoms with E-state index >= 15 is 0 Å². The first-order valence-electron chi connectivity index (χ1n) is 4.79. The van der Waals surface area contributed by atoms with E-state index in [0.29, 0.717) is 0 Å². The van der Waals surface area contributed by atoms with E-state index in [1.807, 2.05) is 0 Å². The maximum atomic E-state index is 3.96. The second-order valence-electron chi connectivity index (χ2n) is 4.71. The van der Waals surface area contributed by atoms with Crippen molar-refractivity contribution in [3.05, 3.63) is 12.7 Å². The van der Waals surface area contributed by atoms with Gasteiger partial charge in [-0.25, -0.2) is 0 Å². The minimum atomic E-state index is 0.257. The van der Waals surface area contributed by atoms with Gasteiger partial charge in [-0.1, -0.05) is 13.0 Å². The molecule has 0 bridgehead atoms. The first kappa shape index (κ1) is 9.79. The van der Waals surface area contributed by atoms with Gasteiger partial charge in [0, 0.05) is 11.0 Å². The summed E-state index contributed by atoms with van der Waals surface area (Å²) < 4.78 is 0. The van der Waals surface area contributed by atoms with Gasteiger partial charge in [0.05, 0.1) is 0 Å². The van der Waals surface area contributed by atoms with Crippen molar-refractivity contribution in [3.63, 3.8) is 0 Å². The molecule has 1 aliphatic rings. The average Bonchev–Trinajstić information content (AvgIpc) is 2.01. The minimum absolute atomic E-state index is 0.257. The lowest BCUT2D eigenvalue weighted by Crippen LogP contribution is -2.56. The molecular weight excluding hydrogens is 146 g/mol. The highest BCUT2D eigenvalue weighted by Gasteiger charge is 2.43. The first-order valence-corrected chi connectivity index (χ1v) is 4.79. The quantitative estimate of drug-likeness (QED) is 0.543. The van der Waals surface area contributed by atoms with Crippen LogP contribution in [0.2, 0.25) is 0 Å². The predicted octanol–water partition coefficient (Wildman–Crippen LogP) is 2.68. The van der Waals surface area contributed by atoms with Crippen molar-refractivity contribution in [2.75, 3.05) is 13.6 Å². The van der Waals surface area contributed by atoms with Crippen molar-refractivity contribution in [3.8, 4) is 0 Å². The normalized spacial score (nSPS) is 36.3. The number of hydrogen-bond donors (Lipinski definition) is 0. The maximum Gasteiger partial charge on any atom is 0.0238 e. The van der Waals surface area contributed by atoms with E-state index in [0.717, 1.165) is 0 Å². The molecule has 1 saturated heterocycles. The van der Waals surface area contributed by atoms with Crippen molar-refractivity contribution in [1.29, 1.82) is 0 Å². The fraction of sp³-hybridized carbons (Fsp3) is 0.818. The Morgan fingerprint density at radius 1 is 1.33 bits per heavy atom. The molecule has 0 spiro atoms. The summed E-state index contributed by atoms with van der Waals surface area (Å²) in [7, 11) is 2.21. The van der Waals surface area contributed by atoms with Crippen LogP contribution in [0, 0.1) is 5.41 Å². The van der Waals surface area contributed by atoms with Crippen molar-refractivity contribution in [2.24, 2.45) is 5.41 Å². The smallest absolute Gasteiger partial charge is 0.0238 e. The Kier molecular flexibility index (Phi) is 2.35. The molecule has 0 amide bonds. The summed E-state index contributed by atoms with van der Waals surface area (Å²) >= 11 is 0. The van der Waals surface area contributed by atoms with Crippen LogP contribution in [-0.4, -0.2) is 24.0 Å².